The van der Waals surface area contributed by atoms with Gasteiger partial charge in [-0.05, 0) is 13.3 Å². The fourth-order valence-electron chi connectivity index (χ4n) is 1.34. The zero-order valence-corrected chi connectivity index (χ0v) is 10.7. The van der Waals surface area contributed by atoms with Gasteiger partial charge in [0, 0.05) is 0 Å². The summed E-state index contributed by atoms with van der Waals surface area (Å²) in [6, 6.07) is 0. The van der Waals surface area contributed by atoms with Gasteiger partial charge in [0.2, 0.25) is 0 Å². The lowest BCUT2D eigenvalue weighted by atomic mass is 9.89. The third kappa shape index (κ3) is 4.19. The van der Waals surface area contributed by atoms with E-state index in [1.165, 1.54) is 33.3 Å². The van der Waals surface area contributed by atoms with Crippen molar-refractivity contribution in [1.29, 1.82) is 0 Å². The van der Waals surface area contributed by atoms with Crippen LogP contribution in [0.2, 0.25) is 0 Å². The first-order valence-electron chi connectivity index (χ1n) is 5.46. The van der Waals surface area contributed by atoms with Crippen LogP contribution in [0, 0.1) is 5.41 Å². The van der Waals surface area contributed by atoms with E-state index in [1.54, 1.807) is 0 Å². The molecule has 0 aliphatic carbocycles. The third-order valence-corrected chi connectivity index (χ3v) is 2.46. The molecular formula is C12H20O5. The normalized spacial score (nSPS) is 13.5. The SMILES string of the molecule is CCC[C@@H](O)/C=C/C(C)(C(=O)OC)C(=O)OC. The maximum absolute atomic E-state index is 11.5. The van der Waals surface area contributed by atoms with Crippen molar-refractivity contribution in [3.8, 4) is 0 Å². The van der Waals surface area contributed by atoms with Crippen LogP contribution in [0.4, 0.5) is 0 Å². The average molecular weight is 244 g/mol. The Morgan fingerprint density at radius 1 is 1.29 bits per heavy atom. The van der Waals surface area contributed by atoms with Crippen LogP contribution in [0.5, 0.6) is 0 Å². The van der Waals surface area contributed by atoms with Crippen LogP contribution in [0.1, 0.15) is 26.7 Å². The maximum Gasteiger partial charge on any atom is 0.326 e. The number of ether oxygens (including phenoxy) is 2. The molecule has 0 heterocycles. The zero-order valence-electron chi connectivity index (χ0n) is 10.7. The van der Waals surface area contributed by atoms with E-state index < -0.39 is 23.5 Å². The molecule has 1 atom stereocenters. The first-order valence-corrected chi connectivity index (χ1v) is 5.46. The number of aliphatic hydroxyl groups excluding tert-OH is 1. The van der Waals surface area contributed by atoms with E-state index in [0.717, 1.165) is 6.42 Å². The Morgan fingerprint density at radius 3 is 2.12 bits per heavy atom. The molecule has 0 saturated heterocycles. The Bertz CT molecular complexity index is 279. The van der Waals surface area contributed by atoms with Crippen molar-refractivity contribution in [3.63, 3.8) is 0 Å². The van der Waals surface area contributed by atoms with Crippen molar-refractivity contribution in [2.45, 2.75) is 32.8 Å². The summed E-state index contributed by atoms with van der Waals surface area (Å²) in [5.41, 5.74) is -1.52. The highest BCUT2D eigenvalue weighted by Gasteiger charge is 2.41. The molecule has 5 nitrogen and oxygen atoms in total. The highest BCUT2D eigenvalue weighted by Crippen LogP contribution is 2.23. The van der Waals surface area contributed by atoms with Crippen LogP contribution in [0.25, 0.3) is 0 Å². The van der Waals surface area contributed by atoms with Gasteiger partial charge in [-0.15, -0.1) is 0 Å². The predicted octanol–water partition coefficient (Wildman–Crippen LogP) is 1.06. The molecule has 0 fully saturated rings. The van der Waals surface area contributed by atoms with Gasteiger partial charge in [0.25, 0.3) is 0 Å². The first kappa shape index (κ1) is 15.6. The van der Waals surface area contributed by atoms with Crippen LogP contribution in [0.15, 0.2) is 12.2 Å². The number of esters is 2. The minimum atomic E-state index is -1.52. The van der Waals surface area contributed by atoms with Gasteiger partial charge >= 0.3 is 11.9 Å². The first-order chi connectivity index (χ1) is 7.92. The van der Waals surface area contributed by atoms with Gasteiger partial charge in [0.15, 0.2) is 5.41 Å². The monoisotopic (exact) mass is 244 g/mol. The largest absolute Gasteiger partial charge is 0.468 e. The summed E-state index contributed by atoms with van der Waals surface area (Å²) in [6.07, 6.45) is 3.42. The summed E-state index contributed by atoms with van der Waals surface area (Å²) < 4.78 is 9.12. The molecule has 0 aliphatic rings. The molecule has 0 amide bonds. The minimum Gasteiger partial charge on any atom is -0.468 e. The zero-order chi connectivity index (χ0) is 13.5. The molecule has 0 saturated carbocycles. The maximum atomic E-state index is 11.5. The molecule has 0 aliphatic heterocycles. The van der Waals surface area contributed by atoms with Crippen molar-refractivity contribution in [3.05, 3.63) is 12.2 Å². The number of carbonyl (C=O) groups is 2. The van der Waals surface area contributed by atoms with E-state index in [-0.39, 0.29) is 0 Å². The molecule has 0 bridgehead atoms. The topological polar surface area (TPSA) is 72.8 Å². The summed E-state index contributed by atoms with van der Waals surface area (Å²) in [6.45, 7) is 3.32. The van der Waals surface area contributed by atoms with E-state index in [9.17, 15) is 14.7 Å². The summed E-state index contributed by atoms with van der Waals surface area (Å²) in [5, 5.41) is 9.53. The Labute approximate surface area is 101 Å². The van der Waals surface area contributed by atoms with E-state index >= 15 is 0 Å². The van der Waals surface area contributed by atoms with E-state index in [0.29, 0.717) is 6.42 Å². The van der Waals surface area contributed by atoms with Crippen molar-refractivity contribution in [2.24, 2.45) is 5.41 Å². The molecule has 0 spiro atoms. The van der Waals surface area contributed by atoms with E-state index in [1.807, 2.05) is 6.92 Å². The molecule has 17 heavy (non-hydrogen) atoms. The molecule has 5 heteroatoms. The molecule has 98 valence electrons. The molecule has 0 aromatic carbocycles. The molecular weight excluding hydrogens is 224 g/mol. The Hall–Kier alpha value is -1.36. The standard InChI is InChI=1S/C12H20O5/c1-5-6-9(13)7-8-12(2,10(14)16-3)11(15)17-4/h7-9,13H,5-6H2,1-4H3/b8-7+/t9-/m1/s1. The number of rotatable bonds is 6. The second-order valence-electron chi connectivity index (χ2n) is 3.90. The molecule has 0 unspecified atom stereocenters. The summed E-state index contributed by atoms with van der Waals surface area (Å²) >= 11 is 0. The minimum absolute atomic E-state index is 0.564. The lowest BCUT2D eigenvalue weighted by Gasteiger charge is -2.20. The Kier molecular flexibility index (Phi) is 6.50. The number of carbonyl (C=O) groups excluding carboxylic acids is 2. The van der Waals surface area contributed by atoms with Crippen LogP contribution in [0.3, 0.4) is 0 Å². The predicted molar refractivity (Wildman–Crippen MR) is 62.2 cm³/mol. The van der Waals surface area contributed by atoms with Gasteiger partial charge in [-0.2, -0.15) is 0 Å². The van der Waals surface area contributed by atoms with Gasteiger partial charge in [-0.25, -0.2) is 0 Å². The van der Waals surface area contributed by atoms with Gasteiger partial charge in [0.05, 0.1) is 20.3 Å². The second-order valence-corrected chi connectivity index (χ2v) is 3.90. The summed E-state index contributed by atoms with van der Waals surface area (Å²) in [5.74, 6) is -1.44. The Morgan fingerprint density at radius 2 is 1.76 bits per heavy atom. The van der Waals surface area contributed by atoms with Crippen molar-refractivity contribution >= 4 is 11.9 Å². The smallest absolute Gasteiger partial charge is 0.326 e. The van der Waals surface area contributed by atoms with Crippen molar-refractivity contribution in [2.75, 3.05) is 14.2 Å². The molecule has 1 N–H and O–H groups in total. The second kappa shape index (κ2) is 7.06. The summed E-state index contributed by atoms with van der Waals surface area (Å²) in [4.78, 5) is 23.1. The lowest BCUT2D eigenvalue weighted by Crippen LogP contribution is -2.36. The van der Waals surface area contributed by atoms with E-state index in [2.05, 4.69) is 9.47 Å². The molecule has 0 aromatic heterocycles. The van der Waals surface area contributed by atoms with Crippen LogP contribution in [-0.2, 0) is 19.1 Å². The van der Waals surface area contributed by atoms with Crippen LogP contribution < -0.4 is 0 Å². The van der Waals surface area contributed by atoms with Gasteiger partial charge in [-0.1, -0.05) is 25.5 Å². The van der Waals surface area contributed by atoms with E-state index in [4.69, 9.17) is 0 Å². The highest BCUT2D eigenvalue weighted by atomic mass is 16.5. The van der Waals surface area contributed by atoms with Crippen LogP contribution >= 0.6 is 0 Å². The number of aliphatic hydroxyl groups is 1. The van der Waals surface area contributed by atoms with Gasteiger partial charge in [-0.3, -0.25) is 9.59 Å². The molecule has 0 rings (SSSR count). The number of methoxy groups -OCH3 is 2. The molecule has 0 radical (unpaired) electrons. The lowest BCUT2D eigenvalue weighted by molar-refractivity contribution is -0.163. The fraction of sp³-hybridized carbons (Fsp3) is 0.667. The number of hydrogen-bond donors (Lipinski definition) is 1. The Balaban J connectivity index is 4.95. The quantitative estimate of drug-likeness (QED) is 0.429. The molecule has 0 aromatic rings. The third-order valence-electron chi connectivity index (χ3n) is 2.46. The number of hydrogen-bond acceptors (Lipinski definition) is 5. The van der Waals surface area contributed by atoms with Gasteiger partial charge in [0.1, 0.15) is 0 Å². The van der Waals surface area contributed by atoms with Gasteiger partial charge < -0.3 is 14.6 Å². The summed E-state index contributed by atoms with van der Waals surface area (Å²) in [7, 11) is 2.39. The fourth-order valence-corrected chi connectivity index (χ4v) is 1.34. The highest BCUT2D eigenvalue weighted by molar-refractivity contribution is 6.01. The van der Waals surface area contributed by atoms with Crippen molar-refractivity contribution in [1.82, 2.24) is 0 Å². The van der Waals surface area contributed by atoms with Crippen molar-refractivity contribution < 1.29 is 24.2 Å². The average Bonchev–Trinajstić information content (AvgIpc) is 2.34. The van der Waals surface area contributed by atoms with Crippen LogP contribution in [-0.4, -0.2) is 37.4 Å².